The number of hydrogen-bond donors (Lipinski definition) is 4. The highest BCUT2D eigenvalue weighted by Crippen LogP contribution is 2.33. The van der Waals surface area contributed by atoms with Gasteiger partial charge in [0.2, 0.25) is 0 Å². The summed E-state index contributed by atoms with van der Waals surface area (Å²) >= 11 is 0. The Morgan fingerprint density at radius 3 is 2.41 bits per heavy atom. The first kappa shape index (κ1) is 31.5. The number of ether oxygens (including phenoxy) is 2. The van der Waals surface area contributed by atoms with Crippen molar-refractivity contribution in [1.82, 2.24) is 15.0 Å². The van der Waals surface area contributed by atoms with Crippen molar-refractivity contribution in [3.8, 4) is 11.5 Å². The number of sulfonamides is 1. The lowest BCUT2D eigenvalue weighted by Gasteiger charge is -2.34. The van der Waals surface area contributed by atoms with Gasteiger partial charge in [-0.3, -0.25) is 14.9 Å². The van der Waals surface area contributed by atoms with Crippen molar-refractivity contribution in [2.24, 2.45) is 0 Å². The van der Waals surface area contributed by atoms with Crippen LogP contribution in [0, 0.1) is 15.9 Å². The monoisotopic (exact) mass is 651 g/mol. The topological polar surface area (TPSA) is 165 Å². The number of nitrogens with zero attached hydrogens (tertiary/aromatic N) is 1. The molecule has 1 saturated heterocycles. The largest absolute Gasteiger partial charge is 0.453 e. The Balaban J connectivity index is 1.13. The van der Waals surface area contributed by atoms with Crippen LogP contribution in [0.25, 0.3) is 10.9 Å². The summed E-state index contributed by atoms with van der Waals surface area (Å²) in [5.41, 5.74) is 0.172. The number of carbonyl (C=O) groups is 1. The molecule has 1 saturated carbocycles. The highest BCUT2D eigenvalue weighted by atomic mass is 32.2. The van der Waals surface area contributed by atoms with Gasteiger partial charge in [0, 0.05) is 60.6 Å². The van der Waals surface area contributed by atoms with Gasteiger partial charge in [0.25, 0.3) is 21.6 Å². The first-order valence-corrected chi connectivity index (χ1v) is 16.6. The van der Waals surface area contributed by atoms with Crippen LogP contribution in [0.1, 0.15) is 48.9 Å². The Hall–Kier alpha value is -4.53. The summed E-state index contributed by atoms with van der Waals surface area (Å²) in [5.74, 6) is -1.96. The van der Waals surface area contributed by atoms with E-state index in [0.717, 1.165) is 57.8 Å². The molecule has 14 heteroatoms. The zero-order valence-electron chi connectivity index (χ0n) is 24.8. The molecule has 0 radical (unpaired) electrons. The molecule has 0 bridgehead atoms. The number of amides is 1. The van der Waals surface area contributed by atoms with Crippen LogP contribution in [0.15, 0.2) is 71.8 Å². The molecule has 1 aliphatic carbocycles. The van der Waals surface area contributed by atoms with Crippen molar-refractivity contribution in [1.29, 1.82) is 0 Å². The highest BCUT2D eigenvalue weighted by molar-refractivity contribution is 7.90. The summed E-state index contributed by atoms with van der Waals surface area (Å²) in [6.45, 7) is 1.53. The fraction of sp³-hybridized carbons (Fsp3) is 0.344. The second kappa shape index (κ2) is 13.4. The van der Waals surface area contributed by atoms with E-state index in [0.29, 0.717) is 23.0 Å². The van der Waals surface area contributed by atoms with E-state index < -0.39 is 37.3 Å². The van der Waals surface area contributed by atoms with Gasteiger partial charge in [-0.2, -0.15) is 0 Å². The molecule has 2 fully saturated rings. The van der Waals surface area contributed by atoms with Gasteiger partial charge in [-0.1, -0.05) is 12.1 Å². The van der Waals surface area contributed by atoms with Crippen LogP contribution in [0.4, 0.5) is 15.8 Å². The molecular formula is C32H34FN5O7S. The summed E-state index contributed by atoms with van der Waals surface area (Å²) in [6, 6.07) is 14.5. The first-order chi connectivity index (χ1) is 22.2. The summed E-state index contributed by atoms with van der Waals surface area (Å²) < 4.78 is 54.2. The van der Waals surface area contributed by atoms with E-state index >= 15 is 0 Å². The lowest BCUT2D eigenvalue weighted by Crippen LogP contribution is -2.44. The molecule has 3 aromatic carbocycles. The van der Waals surface area contributed by atoms with Crippen molar-refractivity contribution in [3.63, 3.8) is 0 Å². The minimum atomic E-state index is -4.54. The Kier molecular flexibility index (Phi) is 9.20. The van der Waals surface area contributed by atoms with E-state index in [9.17, 15) is 27.7 Å². The molecule has 1 amide bonds. The van der Waals surface area contributed by atoms with Crippen LogP contribution in [0.3, 0.4) is 0 Å². The second-order valence-corrected chi connectivity index (χ2v) is 13.2. The zero-order chi connectivity index (χ0) is 32.3. The van der Waals surface area contributed by atoms with Gasteiger partial charge in [0.15, 0.2) is 11.6 Å². The molecule has 1 aliphatic heterocycles. The first-order valence-electron chi connectivity index (χ1n) is 15.2. The molecule has 4 N–H and O–H groups in total. The molecule has 242 valence electrons. The van der Waals surface area contributed by atoms with E-state index in [-0.39, 0.29) is 28.8 Å². The summed E-state index contributed by atoms with van der Waals surface area (Å²) in [5, 5.41) is 19.6. The van der Waals surface area contributed by atoms with E-state index in [1.54, 1.807) is 18.3 Å². The number of rotatable bonds is 10. The Labute approximate surface area is 264 Å². The van der Waals surface area contributed by atoms with Crippen molar-refractivity contribution in [2.75, 3.05) is 18.5 Å². The number of fused-ring (bicyclic) bond motifs is 1. The van der Waals surface area contributed by atoms with Crippen LogP contribution in [0.5, 0.6) is 11.5 Å². The molecule has 4 aromatic rings. The van der Waals surface area contributed by atoms with Gasteiger partial charge in [-0.05, 0) is 74.9 Å². The molecule has 1 aromatic heterocycles. The molecule has 2 aliphatic rings. The number of anilines is 1. The molecule has 2 heterocycles. The molecule has 12 nitrogen and oxygen atoms in total. The number of aromatic amines is 1. The van der Waals surface area contributed by atoms with E-state index in [4.69, 9.17) is 9.47 Å². The number of nitro groups is 1. The molecule has 0 unspecified atom stereocenters. The van der Waals surface area contributed by atoms with Gasteiger partial charge in [-0.25, -0.2) is 17.5 Å². The SMILES string of the molecule is O=C(NS(=O)(=O)c1ccc(NC2CCC(NC3CCOCC3)CC2)c([N+](=O)[O-])c1)c1ccccc1Oc1cc2cc[nH]c2cc1F. The number of para-hydroxylation sites is 1. The number of aromatic nitrogens is 1. The number of nitro benzene ring substituents is 1. The predicted molar refractivity (Wildman–Crippen MR) is 169 cm³/mol. The lowest BCUT2D eigenvalue weighted by atomic mass is 9.90. The summed E-state index contributed by atoms with van der Waals surface area (Å²) in [4.78, 5) is 26.9. The fourth-order valence-corrected chi connectivity index (χ4v) is 6.99. The standard InChI is InChI=1S/C32H34FN5O7S/c33-26-19-28-20(11-14-34-28)17-31(26)45-30-4-2-1-3-25(30)32(39)37-46(42,43)24-9-10-27(29(18-24)38(40)41)36-22-7-5-21(6-8-22)35-23-12-15-44-16-13-23/h1-4,9-11,14,17-19,21-23,34-36H,5-8,12-13,15-16H2,(H,37,39). The van der Waals surface area contributed by atoms with Crippen molar-refractivity contribution < 1.29 is 32.0 Å². The Morgan fingerprint density at radius 1 is 0.935 bits per heavy atom. The van der Waals surface area contributed by atoms with Crippen molar-refractivity contribution in [2.45, 2.75) is 61.5 Å². The van der Waals surface area contributed by atoms with Crippen LogP contribution in [-0.2, 0) is 14.8 Å². The fourth-order valence-electron chi connectivity index (χ4n) is 6.00. The Bertz CT molecular complexity index is 1850. The normalized spacial score (nSPS) is 19.1. The number of H-pyrrole nitrogens is 1. The maximum absolute atomic E-state index is 14.7. The van der Waals surface area contributed by atoms with Crippen LogP contribution in [-0.4, -0.2) is 55.6 Å². The third kappa shape index (κ3) is 7.14. The van der Waals surface area contributed by atoms with Gasteiger partial charge < -0.3 is 25.1 Å². The minimum Gasteiger partial charge on any atom is -0.453 e. The predicted octanol–water partition coefficient (Wildman–Crippen LogP) is 5.62. The maximum Gasteiger partial charge on any atom is 0.293 e. The van der Waals surface area contributed by atoms with E-state index in [1.165, 1.54) is 42.5 Å². The second-order valence-electron chi connectivity index (χ2n) is 11.6. The van der Waals surface area contributed by atoms with Gasteiger partial charge >= 0.3 is 0 Å². The third-order valence-corrected chi connectivity index (χ3v) is 9.77. The quantitative estimate of drug-likeness (QED) is 0.126. The van der Waals surface area contributed by atoms with E-state index in [2.05, 4.69) is 15.6 Å². The minimum absolute atomic E-state index is 0.00658. The number of nitrogens with one attached hydrogen (secondary N) is 4. The number of halogens is 1. The van der Waals surface area contributed by atoms with E-state index in [1.807, 2.05) is 4.72 Å². The Morgan fingerprint density at radius 2 is 1.65 bits per heavy atom. The van der Waals surface area contributed by atoms with Crippen LogP contribution < -0.4 is 20.1 Å². The van der Waals surface area contributed by atoms with Gasteiger partial charge in [0.05, 0.1) is 15.4 Å². The number of hydrogen-bond acceptors (Lipinski definition) is 9. The number of carbonyl (C=O) groups excluding carboxylic acids is 1. The zero-order valence-corrected chi connectivity index (χ0v) is 25.6. The highest BCUT2D eigenvalue weighted by Gasteiger charge is 2.28. The summed E-state index contributed by atoms with van der Waals surface area (Å²) in [7, 11) is -4.54. The smallest absolute Gasteiger partial charge is 0.293 e. The van der Waals surface area contributed by atoms with Gasteiger partial charge in [-0.15, -0.1) is 0 Å². The third-order valence-electron chi connectivity index (χ3n) is 8.44. The van der Waals surface area contributed by atoms with Crippen LogP contribution >= 0.6 is 0 Å². The molecule has 46 heavy (non-hydrogen) atoms. The lowest BCUT2D eigenvalue weighted by molar-refractivity contribution is -0.384. The molecular weight excluding hydrogens is 617 g/mol. The van der Waals surface area contributed by atoms with Crippen LogP contribution in [0.2, 0.25) is 0 Å². The maximum atomic E-state index is 14.7. The molecule has 0 atom stereocenters. The molecule has 6 rings (SSSR count). The number of benzene rings is 3. The average Bonchev–Trinajstić information content (AvgIpc) is 3.49. The van der Waals surface area contributed by atoms with Gasteiger partial charge in [0.1, 0.15) is 11.4 Å². The summed E-state index contributed by atoms with van der Waals surface area (Å²) in [6.07, 6.45) is 7.07. The van der Waals surface area contributed by atoms with Crippen molar-refractivity contribution in [3.05, 3.63) is 88.4 Å². The average molecular weight is 652 g/mol. The molecule has 0 spiro atoms. The van der Waals surface area contributed by atoms with Crippen molar-refractivity contribution >= 4 is 38.2 Å².